The number of allylic oxidation sites excluding steroid dienone is 2. The van der Waals surface area contributed by atoms with Gasteiger partial charge in [-0.1, -0.05) is 128 Å². The lowest BCUT2D eigenvalue weighted by molar-refractivity contribution is -0.139. The molecular weight excluding hydrogens is 574 g/mol. The number of ether oxygens (including phenoxy) is 1. The minimum absolute atomic E-state index is 0.0327. The van der Waals surface area contributed by atoms with E-state index >= 15 is 0 Å². The molecule has 1 aromatic heterocycles. The van der Waals surface area contributed by atoms with E-state index in [4.69, 9.17) is 4.74 Å². The van der Waals surface area contributed by atoms with E-state index in [1.807, 2.05) is 103 Å². The summed E-state index contributed by atoms with van der Waals surface area (Å²) in [7, 11) is 0. The molecule has 0 fully saturated rings. The molecule has 0 unspecified atom stereocenters. The number of aliphatic carboxylic acids is 1. The van der Waals surface area contributed by atoms with Gasteiger partial charge in [0.05, 0.1) is 12.0 Å². The molecule has 0 bridgehead atoms. The minimum atomic E-state index is -1.25. The van der Waals surface area contributed by atoms with Crippen molar-refractivity contribution in [2.75, 3.05) is 6.61 Å². The fraction of sp³-hybridized carbons (Fsp3) is 0.154. The molecule has 0 radical (unpaired) electrons. The van der Waals surface area contributed by atoms with Gasteiger partial charge in [-0.25, -0.2) is 14.6 Å². The second-order valence-electron chi connectivity index (χ2n) is 11.3. The Balaban J connectivity index is 1.26. The number of alkyl carbamates (subject to hydrolysis) is 1. The van der Waals surface area contributed by atoms with Crippen LogP contribution in [-0.2, 0) is 21.5 Å². The number of carboxylic acid groups (broad SMARTS) is 1. The van der Waals surface area contributed by atoms with E-state index in [1.165, 1.54) is 0 Å². The van der Waals surface area contributed by atoms with Gasteiger partial charge in [0, 0.05) is 18.5 Å². The molecule has 6 rings (SSSR count). The third kappa shape index (κ3) is 5.63. The Kier molecular flexibility index (Phi) is 8.65. The molecule has 7 heteroatoms. The Morgan fingerprint density at radius 2 is 1.46 bits per heavy atom. The fourth-order valence-electron chi connectivity index (χ4n) is 6.55. The van der Waals surface area contributed by atoms with Crippen LogP contribution < -0.4 is 5.32 Å². The van der Waals surface area contributed by atoms with Gasteiger partial charge < -0.3 is 19.7 Å². The second kappa shape index (κ2) is 13.1. The highest BCUT2D eigenvalue weighted by molar-refractivity contribution is 5.87. The van der Waals surface area contributed by atoms with Gasteiger partial charge in [-0.15, -0.1) is 0 Å². The van der Waals surface area contributed by atoms with Crippen molar-refractivity contribution >= 4 is 17.6 Å². The lowest BCUT2D eigenvalue weighted by Gasteiger charge is -2.37. The number of rotatable bonds is 10. The van der Waals surface area contributed by atoms with Crippen molar-refractivity contribution in [2.24, 2.45) is 0 Å². The molecule has 1 heterocycles. The summed E-state index contributed by atoms with van der Waals surface area (Å²) in [5, 5.41) is 12.6. The van der Waals surface area contributed by atoms with Crippen molar-refractivity contribution in [3.05, 3.63) is 180 Å². The van der Waals surface area contributed by atoms with Crippen molar-refractivity contribution in [1.29, 1.82) is 0 Å². The largest absolute Gasteiger partial charge is 0.480 e. The summed E-state index contributed by atoms with van der Waals surface area (Å²) in [6.45, 7) is 6.21. The highest BCUT2D eigenvalue weighted by atomic mass is 16.5. The first kappa shape index (κ1) is 30.3. The van der Waals surface area contributed by atoms with Gasteiger partial charge in [0.2, 0.25) is 0 Å². The Hall–Kier alpha value is -5.69. The van der Waals surface area contributed by atoms with Crippen LogP contribution in [0.4, 0.5) is 4.79 Å². The highest BCUT2D eigenvalue weighted by Crippen LogP contribution is 2.45. The average molecular weight is 610 g/mol. The van der Waals surface area contributed by atoms with Crippen LogP contribution in [0.15, 0.2) is 146 Å². The normalized spacial score (nSPS) is 15.7. The van der Waals surface area contributed by atoms with Gasteiger partial charge >= 0.3 is 12.1 Å². The van der Waals surface area contributed by atoms with Crippen LogP contribution in [0.3, 0.4) is 0 Å². The van der Waals surface area contributed by atoms with Crippen LogP contribution in [0.5, 0.6) is 0 Å². The maximum absolute atomic E-state index is 12.9. The van der Waals surface area contributed by atoms with E-state index in [9.17, 15) is 14.7 Å². The summed E-state index contributed by atoms with van der Waals surface area (Å²) in [5.41, 5.74) is 6.74. The molecule has 230 valence electrons. The fourth-order valence-corrected chi connectivity index (χ4v) is 6.55. The summed E-state index contributed by atoms with van der Waals surface area (Å²) in [4.78, 5) is 29.9. The molecule has 4 aromatic carbocycles. The lowest BCUT2D eigenvalue weighted by Crippen LogP contribution is -2.43. The van der Waals surface area contributed by atoms with Crippen molar-refractivity contribution in [3.63, 3.8) is 0 Å². The SMILES string of the molecule is C=C1/C(=C\C)[C@H](COC(=O)N[C@@H](Cc2cn(C(c3ccccc3)(c3ccccc3)c3ccccc3)cn2)C(=O)O)c2ccccc21. The number of benzene rings is 4. The monoisotopic (exact) mass is 609 g/mol. The molecule has 0 saturated carbocycles. The van der Waals surface area contributed by atoms with Crippen LogP contribution in [0.2, 0.25) is 0 Å². The lowest BCUT2D eigenvalue weighted by atomic mass is 9.77. The number of imidazole rings is 1. The van der Waals surface area contributed by atoms with E-state index < -0.39 is 23.6 Å². The van der Waals surface area contributed by atoms with Crippen molar-refractivity contribution in [1.82, 2.24) is 14.9 Å². The zero-order chi connectivity index (χ0) is 32.1. The molecular formula is C39H35N3O4. The van der Waals surface area contributed by atoms with Crippen LogP contribution in [0, 0.1) is 0 Å². The molecule has 7 nitrogen and oxygen atoms in total. The maximum Gasteiger partial charge on any atom is 0.407 e. The Bertz CT molecular complexity index is 1780. The number of carbonyl (C=O) groups excluding carboxylic acids is 1. The van der Waals surface area contributed by atoms with Crippen molar-refractivity contribution in [3.8, 4) is 0 Å². The van der Waals surface area contributed by atoms with Crippen molar-refractivity contribution in [2.45, 2.75) is 30.8 Å². The van der Waals surface area contributed by atoms with Gasteiger partial charge in [0.25, 0.3) is 0 Å². The van der Waals surface area contributed by atoms with Gasteiger partial charge in [0.1, 0.15) is 18.2 Å². The number of nitrogens with zero attached hydrogens (tertiary/aromatic N) is 2. The van der Waals surface area contributed by atoms with E-state index in [0.29, 0.717) is 5.69 Å². The Morgan fingerprint density at radius 3 is 2.00 bits per heavy atom. The smallest absolute Gasteiger partial charge is 0.407 e. The quantitative estimate of drug-likeness (QED) is 0.163. The number of aromatic nitrogens is 2. The van der Waals surface area contributed by atoms with Crippen molar-refractivity contribution < 1.29 is 19.4 Å². The number of fused-ring (bicyclic) bond motifs is 1. The summed E-state index contributed by atoms with van der Waals surface area (Å²) in [6.07, 6.45) is 4.72. The maximum atomic E-state index is 12.9. The molecule has 2 atom stereocenters. The molecule has 5 aromatic rings. The first-order valence-electron chi connectivity index (χ1n) is 15.2. The summed E-state index contributed by atoms with van der Waals surface area (Å²) >= 11 is 0. The molecule has 46 heavy (non-hydrogen) atoms. The Morgan fingerprint density at radius 1 is 0.913 bits per heavy atom. The molecule has 1 amide bonds. The predicted molar refractivity (Wildman–Crippen MR) is 178 cm³/mol. The standard InChI is InChI=1S/C39H35N3O4/c1-3-32-27(2)33-21-13-14-22-34(33)35(32)25-46-38(45)41-36(37(43)44)23-31-24-42(26-40-31)39(28-15-7-4-8-16-28,29-17-9-5-10-18-29)30-19-11-6-12-20-30/h3-22,24,26,35-36H,2,23,25H2,1H3,(H,41,45)(H,43,44)/b32-3+/t35-,36-/m0/s1. The first-order chi connectivity index (χ1) is 22.4. The van der Waals surface area contributed by atoms with Crippen LogP contribution in [-0.4, -0.2) is 39.4 Å². The molecule has 0 spiro atoms. The van der Waals surface area contributed by atoms with E-state index in [1.54, 1.807) is 6.33 Å². The Labute approximate surface area is 268 Å². The zero-order valence-corrected chi connectivity index (χ0v) is 25.5. The second-order valence-corrected chi connectivity index (χ2v) is 11.3. The van der Waals surface area contributed by atoms with Gasteiger partial charge in [-0.3, -0.25) is 0 Å². The van der Waals surface area contributed by atoms with E-state index in [-0.39, 0.29) is 18.9 Å². The summed E-state index contributed by atoms with van der Waals surface area (Å²) in [5.74, 6) is -1.35. The summed E-state index contributed by atoms with van der Waals surface area (Å²) < 4.78 is 7.61. The topological polar surface area (TPSA) is 93.5 Å². The molecule has 2 N–H and O–H groups in total. The minimum Gasteiger partial charge on any atom is -0.480 e. The first-order valence-corrected chi connectivity index (χ1v) is 15.2. The van der Waals surface area contributed by atoms with E-state index in [2.05, 4.69) is 53.3 Å². The van der Waals surface area contributed by atoms with Crippen LogP contribution in [0.25, 0.3) is 5.57 Å². The number of carbonyl (C=O) groups is 2. The van der Waals surface area contributed by atoms with Gasteiger partial charge in [-0.2, -0.15) is 0 Å². The number of nitrogens with one attached hydrogen (secondary N) is 1. The summed E-state index contributed by atoms with van der Waals surface area (Å²) in [6, 6.07) is 37.1. The predicted octanol–water partition coefficient (Wildman–Crippen LogP) is 7.20. The molecule has 1 aliphatic carbocycles. The zero-order valence-electron chi connectivity index (χ0n) is 25.5. The van der Waals surface area contributed by atoms with E-state index in [0.717, 1.165) is 39.0 Å². The number of hydrogen-bond acceptors (Lipinski definition) is 4. The highest BCUT2D eigenvalue weighted by Gasteiger charge is 2.39. The molecule has 0 saturated heterocycles. The third-order valence-corrected chi connectivity index (χ3v) is 8.68. The van der Waals surface area contributed by atoms with Crippen LogP contribution >= 0.6 is 0 Å². The molecule has 1 aliphatic rings. The van der Waals surface area contributed by atoms with Gasteiger partial charge in [-0.05, 0) is 45.9 Å². The molecule has 0 aliphatic heterocycles. The number of amides is 1. The van der Waals surface area contributed by atoms with Gasteiger partial charge in [0.15, 0.2) is 0 Å². The van der Waals surface area contributed by atoms with Crippen LogP contribution in [0.1, 0.15) is 46.4 Å². The third-order valence-electron chi connectivity index (χ3n) is 8.68. The number of carboxylic acids is 1. The average Bonchev–Trinajstić information content (AvgIpc) is 3.67. The number of hydrogen-bond donors (Lipinski definition) is 2.